The van der Waals surface area contributed by atoms with Gasteiger partial charge in [-0.05, 0) is 49.1 Å². The third-order valence-corrected chi connectivity index (χ3v) is 6.79. The minimum atomic E-state index is -0.00792. The Morgan fingerprint density at radius 2 is 2.15 bits per heavy atom. The van der Waals surface area contributed by atoms with Crippen LogP contribution in [0.5, 0.6) is 0 Å². The van der Waals surface area contributed by atoms with Crippen molar-refractivity contribution in [1.82, 2.24) is 9.88 Å². The van der Waals surface area contributed by atoms with Gasteiger partial charge in [-0.25, -0.2) is 9.78 Å². The van der Waals surface area contributed by atoms with E-state index in [2.05, 4.69) is 55.3 Å². The molecule has 2 amide bonds. The maximum Gasteiger partial charge on any atom is 0.323 e. The second kappa shape index (κ2) is 6.69. The molecule has 1 fully saturated rings. The molecule has 4 rings (SSSR count). The van der Waals surface area contributed by atoms with Crippen molar-refractivity contribution in [3.8, 4) is 0 Å². The number of nitrogens with one attached hydrogen (secondary N) is 1. The minimum Gasteiger partial charge on any atom is -0.324 e. The largest absolute Gasteiger partial charge is 0.324 e. The summed E-state index contributed by atoms with van der Waals surface area (Å²) in [7, 11) is 0. The fourth-order valence-corrected chi connectivity index (χ4v) is 5.42. The third-order valence-electron chi connectivity index (χ3n) is 5.77. The molecule has 1 aliphatic carbocycles. The van der Waals surface area contributed by atoms with Crippen molar-refractivity contribution in [2.45, 2.75) is 52.4 Å². The van der Waals surface area contributed by atoms with Crippen LogP contribution in [-0.2, 0) is 12.8 Å². The predicted molar refractivity (Wildman–Crippen MR) is 107 cm³/mol. The van der Waals surface area contributed by atoms with Gasteiger partial charge in [-0.15, -0.1) is 11.3 Å². The van der Waals surface area contributed by atoms with Crippen molar-refractivity contribution in [2.75, 3.05) is 18.4 Å². The van der Waals surface area contributed by atoms with Crippen LogP contribution in [0.25, 0.3) is 0 Å². The first-order valence-corrected chi connectivity index (χ1v) is 10.3. The van der Waals surface area contributed by atoms with Crippen LogP contribution in [0, 0.1) is 12.3 Å². The van der Waals surface area contributed by atoms with E-state index in [9.17, 15) is 4.79 Å². The number of carbonyl (C=O) groups is 1. The number of fused-ring (bicyclic) bond motifs is 1. The topological polar surface area (TPSA) is 45.2 Å². The molecule has 0 radical (unpaired) electrons. The maximum atomic E-state index is 12.7. The van der Waals surface area contributed by atoms with Crippen LogP contribution in [0.15, 0.2) is 24.3 Å². The molecule has 0 bridgehead atoms. The molecule has 0 saturated carbocycles. The average Bonchev–Trinajstić information content (AvgIpc) is 3.20. The third kappa shape index (κ3) is 3.50. The van der Waals surface area contributed by atoms with E-state index in [1.54, 1.807) is 11.3 Å². The Hall–Kier alpha value is -1.88. The van der Waals surface area contributed by atoms with Crippen LogP contribution in [0.1, 0.15) is 54.3 Å². The summed E-state index contributed by atoms with van der Waals surface area (Å²) < 4.78 is 0. The lowest BCUT2D eigenvalue weighted by Crippen LogP contribution is -2.32. The summed E-state index contributed by atoms with van der Waals surface area (Å²) >= 11 is 1.65. The van der Waals surface area contributed by atoms with Gasteiger partial charge in [0, 0.05) is 23.9 Å². The number of hydrogen-bond donors (Lipinski definition) is 1. The average molecular weight is 370 g/mol. The molecule has 4 nitrogen and oxygen atoms in total. The zero-order valence-corrected chi connectivity index (χ0v) is 16.7. The highest BCUT2D eigenvalue weighted by molar-refractivity contribution is 7.15. The number of rotatable bonds is 2. The van der Waals surface area contributed by atoms with Gasteiger partial charge in [0.15, 0.2) is 5.13 Å². The molecule has 1 atom stereocenters. The first-order chi connectivity index (χ1) is 12.4. The quantitative estimate of drug-likeness (QED) is 0.811. The fraction of sp³-hybridized carbons (Fsp3) is 0.524. The van der Waals surface area contributed by atoms with Gasteiger partial charge in [-0.2, -0.15) is 0 Å². The number of benzene rings is 1. The van der Waals surface area contributed by atoms with E-state index in [1.165, 1.54) is 28.1 Å². The smallest absolute Gasteiger partial charge is 0.323 e. The highest BCUT2D eigenvalue weighted by atomic mass is 32.1. The lowest BCUT2D eigenvalue weighted by atomic mass is 9.79. The van der Waals surface area contributed by atoms with E-state index in [0.29, 0.717) is 11.3 Å². The zero-order chi connectivity index (χ0) is 18.3. The van der Waals surface area contributed by atoms with Crippen molar-refractivity contribution in [1.29, 1.82) is 0 Å². The van der Waals surface area contributed by atoms with E-state index in [0.717, 1.165) is 37.5 Å². The lowest BCUT2D eigenvalue weighted by Gasteiger charge is -2.28. The van der Waals surface area contributed by atoms with E-state index in [1.807, 2.05) is 4.90 Å². The molecule has 2 heterocycles. The Morgan fingerprint density at radius 3 is 2.96 bits per heavy atom. The van der Waals surface area contributed by atoms with E-state index in [-0.39, 0.29) is 6.03 Å². The Bertz CT molecular complexity index is 826. The van der Waals surface area contributed by atoms with Gasteiger partial charge in [0.25, 0.3) is 0 Å². The summed E-state index contributed by atoms with van der Waals surface area (Å²) in [6, 6.07) is 8.50. The van der Waals surface area contributed by atoms with Crippen LogP contribution in [0.3, 0.4) is 0 Å². The van der Waals surface area contributed by atoms with Crippen LogP contribution in [-0.4, -0.2) is 29.0 Å². The van der Waals surface area contributed by atoms with Crippen molar-refractivity contribution >= 4 is 22.5 Å². The summed E-state index contributed by atoms with van der Waals surface area (Å²) in [6.45, 7) is 8.37. The highest BCUT2D eigenvalue weighted by Gasteiger charge is 2.30. The molecular weight excluding hydrogens is 342 g/mol. The van der Waals surface area contributed by atoms with Gasteiger partial charge < -0.3 is 4.90 Å². The van der Waals surface area contributed by atoms with Gasteiger partial charge in [-0.1, -0.05) is 38.1 Å². The van der Waals surface area contributed by atoms with Crippen LogP contribution >= 0.6 is 11.3 Å². The van der Waals surface area contributed by atoms with Crippen molar-refractivity contribution in [3.63, 3.8) is 0 Å². The number of hydrogen-bond acceptors (Lipinski definition) is 3. The van der Waals surface area contributed by atoms with E-state index >= 15 is 0 Å². The maximum absolute atomic E-state index is 12.7. The number of likely N-dealkylation sites (tertiary alicyclic amines) is 1. The second-order valence-corrected chi connectivity index (χ2v) is 9.53. The molecule has 1 saturated heterocycles. The summed E-state index contributed by atoms with van der Waals surface area (Å²) in [4.78, 5) is 20.7. The van der Waals surface area contributed by atoms with Gasteiger partial charge >= 0.3 is 6.03 Å². The van der Waals surface area contributed by atoms with Crippen molar-refractivity contribution in [3.05, 3.63) is 46.0 Å². The van der Waals surface area contributed by atoms with Gasteiger partial charge in [0.2, 0.25) is 0 Å². The molecule has 1 unspecified atom stereocenters. The number of aromatic nitrogens is 1. The molecule has 1 N–H and O–H groups in total. The standard InChI is InChI=1S/C21H27N3OS/c1-14-6-4-5-7-16(14)15-9-11-24(13-15)20(25)23-19-22-17-8-10-21(2,3)12-18(17)26-19/h4-7,15H,8-13H2,1-3H3,(H,22,23,25). The Kier molecular flexibility index (Phi) is 4.51. The Morgan fingerprint density at radius 1 is 1.35 bits per heavy atom. The molecule has 1 aromatic carbocycles. The molecule has 2 aliphatic rings. The predicted octanol–water partition coefficient (Wildman–Crippen LogP) is 4.99. The summed E-state index contributed by atoms with van der Waals surface area (Å²) in [5, 5.41) is 3.81. The monoisotopic (exact) mass is 369 g/mol. The van der Waals surface area contributed by atoms with E-state index < -0.39 is 0 Å². The number of urea groups is 1. The zero-order valence-electron chi connectivity index (χ0n) is 15.8. The molecule has 26 heavy (non-hydrogen) atoms. The summed E-state index contributed by atoms with van der Waals surface area (Å²) in [5.41, 5.74) is 4.21. The molecular formula is C21H27N3OS. The number of aryl methyl sites for hydroxylation is 2. The Balaban J connectivity index is 1.41. The molecule has 138 valence electrons. The first-order valence-electron chi connectivity index (χ1n) is 9.51. The number of nitrogens with zero attached hydrogens (tertiary/aromatic N) is 2. The molecule has 0 spiro atoms. The van der Waals surface area contributed by atoms with Gasteiger partial charge in [-0.3, -0.25) is 5.32 Å². The van der Waals surface area contributed by atoms with Gasteiger partial charge in [0.05, 0.1) is 5.69 Å². The Labute approximate surface area is 159 Å². The normalized spacial score (nSPS) is 21.5. The van der Waals surface area contributed by atoms with Crippen LogP contribution in [0.4, 0.5) is 9.93 Å². The number of amides is 2. The lowest BCUT2D eigenvalue weighted by molar-refractivity contribution is 0.222. The number of thiazole rings is 1. The van der Waals surface area contributed by atoms with Crippen LogP contribution < -0.4 is 5.32 Å². The number of carbonyl (C=O) groups excluding carboxylic acids is 1. The first kappa shape index (κ1) is 17.5. The number of anilines is 1. The molecule has 5 heteroatoms. The second-order valence-electron chi connectivity index (χ2n) is 8.45. The molecule has 1 aliphatic heterocycles. The van der Waals surface area contributed by atoms with Crippen molar-refractivity contribution < 1.29 is 4.79 Å². The summed E-state index contributed by atoms with van der Waals surface area (Å²) in [6.07, 6.45) is 4.28. The fourth-order valence-electron chi connectivity index (χ4n) is 4.16. The van der Waals surface area contributed by atoms with E-state index in [4.69, 9.17) is 0 Å². The minimum absolute atomic E-state index is 0.00792. The van der Waals surface area contributed by atoms with Gasteiger partial charge in [0.1, 0.15) is 0 Å². The van der Waals surface area contributed by atoms with Crippen LogP contribution in [0.2, 0.25) is 0 Å². The SMILES string of the molecule is Cc1ccccc1C1CCN(C(=O)Nc2nc3c(s2)CC(C)(C)CC3)C1. The van der Waals surface area contributed by atoms with Crippen molar-refractivity contribution in [2.24, 2.45) is 5.41 Å². The molecule has 2 aromatic rings. The summed E-state index contributed by atoms with van der Waals surface area (Å²) in [5.74, 6) is 0.437. The highest BCUT2D eigenvalue weighted by Crippen LogP contribution is 2.39. The molecule has 1 aromatic heterocycles.